The van der Waals surface area contributed by atoms with Gasteiger partial charge < -0.3 is 10.1 Å². The number of hydrogen-bond donors (Lipinski definition) is 2. The van der Waals surface area contributed by atoms with E-state index >= 15 is 0 Å². The van der Waals surface area contributed by atoms with Crippen molar-refractivity contribution in [3.05, 3.63) is 41.6 Å². The fourth-order valence-electron chi connectivity index (χ4n) is 3.61. The van der Waals surface area contributed by atoms with Crippen molar-refractivity contribution in [2.45, 2.75) is 12.5 Å². The number of rotatable bonds is 1. The summed E-state index contributed by atoms with van der Waals surface area (Å²) >= 11 is 0. The van der Waals surface area contributed by atoms with Gasteiger partial charge in [0.25, 0.3) is 0 Å². The number of carboxylic acids is 1. The number of nitrogens with zero attached hydrogens (tertiary/aromatic N) is 1. The lowest BCUT2D eigenvalue weighted by atomic mass is 9.80. The number of nitrogens with one attached hydrogen (secondary N) is 1. The molecule has 0 spiro atoms. The summed E-state index contributed by atoms with van der Waals surface area (Å²) < 4.78 is 0. The van der Waals surface area contributed by atoms with E-state index in [1.54, 1.807) is 0 Å². The average molecular weight is 268 g/mol. The first-order valence-electron chi connectivity index (χ1n) is 6.89. The Hall–Kier alpha value is -2.07. The molecule has 0 radical (unpaired) electrons. The number of H-pyrrole nitrogens is 1. The molecule has 4 heteroatoms. The Kier molecular flexibility index (Phi) is 2.32. The molecule has 1 aliphatic heterocycles. The van der Waals surface area contributed by atoms with Crippen LogP contribution in [0, 0.1) is 5.92 Å². The van der Waals surface area contributed by atoms with E-state index in [1.807, 2.05) is 19.2 Å². The Balaban J connectivity index is 1.96. The van der Waals surface area contributed by atoms with Gasteiger partial charge in [0, 0.05) is 29.7 Å². The Morgan fingerprint density at radius 1 is 1.45 bits per heavy atom. The minimum Gasteiger partial charge on any atom is -0.481 e. The highest BCUT2D eigenvalue weighted by molar-refractivity contribution is 5.99. The number of fused-ring (bicyclic) bond motifs is 2. The molecule has 0 unspecified atom stereocenters. The van der Waals surface area contributed by atoms with Crippen LogP contribution in [0.1, 0.15) is 11.1 Å². The fourth-order valence-corrected chi connectivity index (χ4v) is 3.61. The second-order valence-electron chi connectivity index (χ2n) is 5.77. The normalized spacial score (nSPS) is 25.4. The second-order valence-corrected chi connectivity index (χ2v) is 5.77. The number of aromatic amines is 1. The molecule has 4 nitrogen and oxygen atoms in total. The van der Waals surface area contributed by atoms with Crippen LogP contribution in [-0.4, -0.2) is 40.6 Å². The third-order valence-corrected chi connectivity index (χ3v) is 4.59. The molecule has 0 saturated heterocycles. The van der Waals surface area contributed by atoms with E-state index in [2.05, 4.69) is 28.2 Å². The van der Waals surface area contributed by atoms with Crippen molar-refractivity contribution >= 4 is 22.4 Å². The van der Waals surface area contributed by atoms with Gasteiger partial charge in [-0.2, -0.15) is 0 Å². The van der Waals surface area contributed by atoms with Crippen molar-refractivity contribution in [3.63, 3.8) is 0 Å². The van der Waals surface area contributed by atoms with Crippen molar-refractivity contribution in [2.24, 2.45) is 5.92 Å². The van der Waals surface area contributed by atoms with E-state index in [-0.39, 0.29) is 0 Å². The Morgan fingerprint density at radius 2 is 2.30 bits per heavy atom. The van der Waals surface area contributed by atoms with Crippen molar-refractivity contribution in [2.75, 3.05) is 13.6 Å². The standard InChI is InChI=1S/C16H16N2O2/c1-18-8-10(16(19)20)5-12-11-3-2-4-13-15(11)9(7-17-13)6-14(12)18/h2-5,7,10,14,17H,6,8H2,1H3,(H,19,20)/t10-,14+/m0/s1. The van der Waals surface area contributed by atoms with E-state index < -0.39 is 11.9 Å². The first kappa shape index (κ1) is 11.7. The lowest BCUT2D eigenvalue weighted by molar-refractivity contribution is -0.140. The number of aliphatic carboxylic acids is 1. The molecule has 1 aromatic carbocycles. The molecule has 1 aliphatic carbocycles. The Morgan fingerprint density at radius 3 is 3.10 bits per heavy atom. The van der Waals surface area contributed by atoms with Gasteiger partial charge in [-0.15, -0.1) is 0 Å². The lowest BCUT2D eigenvalue weighted by Gasteiger charge is -2.38. The van der Waals surface area contributed by atoms with Crippen molar-refractivity contribution < 1.29 is 9.90 Å². The molecular formula is C16H16N2O2. The molecule has 0 saturated carbocycles. The van der Waals surface area contributed by atoms with Crippen LogP contribution in [0.2, 0.25) is 0 Å². The number of likely N-dealkylation sites (N-methyl/N-ethyl adjacent to an activating group) is 1. The maximum atomic E-state index is 11.3. The molecule has 2 atom stereocenters. The Labute approximate surface area is 116 Å². The molecule has 2 heterocycles. The molecule has 0 amide bonds. The van der Waals surface area contributed by atoms with Crippen molar-refractivity contribution in [3.8, 4) is 0 Å². The van der Waals surface area contributed by atoms with Crippen LogP contribution >= 0.6 is 0 Å². The SMILES string of the molecule is CN1C[C@@H](C(=O)O)C=C2c3cccc4[nH]cc(c34)C[C@H]21. The maximum absolute atomic E-state index is 11.3. The van der Waals surface area contributed by atoms with Gasteiger partial charge in [-0.25, -0.2) is 0 Å². The van der Waals surface area contributed by atoms with Gasteiger partial charge >= 0.3 is 5.97 Å². The number of hydrogen-bond acceptors (Lipinski definition) is 2. The highest BCUT2D eigenvalue weighted by atomic mass is 16.4. The summed E-state index contributed by atoms with van der Waals surface area (Å²) in [5.41, 5.74) is 4.83. The highest BCUT2D eigenvalue weighted by Gasteiger charge is 2.35. The first-order valence-corrected chi connectivity index (χ1v) is 6.89. The zero-order valence-corrected chi connectivity index (χ0v) is 11.3. The van der Waals surface area contributed by atoms with Crippen LogP contribution in [0.25, 0.3) is 16.5 Å². The molecular weight excluding hydrogens is 252 g/mol. The van der Waals surface area contributed by atoms with Crippen LogP contribution < -0.4 is 0 Å². The van der Waals surface area contributed by atoms with Crippen LogP contribution in [0.3, 0.4) is 0 Å². The van der Waals surface area contributed by atoms with Gasteiger partial charge in [0.05, 0.1) is 5.92 Å². The minimum absolute atomic E-state index is 0.291. The van der Waals surface area contributed by atoms with Crippen LogP contribution in [0.4, 0.5) is 0 Å². The van der Waals surface area contributed by atoms with Crippen molar-refractivity contribution in [1.29, 1.82) is 0 Å². The molecule has 102 valence electrons. The monoisotopic (exact) mass is 268 g/mol. The molecule has 1 aromatic heterocycles. The molecule has 20 heavy (non-hydrogen) atoms. The first-order chi connectivity index (χ1) is 9.65. The third-order valence-electron chi connectivity index (χ3n) is 4.59. The van der Waals surface area contributed by atoms with Gasteiger partial charge in [-0.3, -0.25) is 9.69 Å². The minimum atomic E-state index is -0.741. The number of carbonyl (C=O) groups is 1. The smallest absolute Gasteiger partial charge is 0.311 e. The molecule has 4 rings (SSSR count). The van der Waals surface area contributed by atoms with E-state index in [9.17, 15) is 9.90 Å². The summed E-state index contributed by atoms with van der Waals surface area (Å²) in [5, 5.41) is 10.6. The van der Waals surface area contributed by atoms with E-state index in [0.717, 1.165) is 11.9 Å². The summed E-state index contributed by atoms with van der Waals surface area (Å²) in [4.78, 5) is 16.8. The fraction of sp³-hybridized carbons (Fsp3) is 0.312. The van der Waals surface area contributed by atoms with E-state index in [4.69, 9.17) is 0 Å². The molecule has 0 bridgehead atoms. The summed E-state index contributed by atoms with van der Waals surface area (Å²) in [6.07, 6.45) is 4.99. The number of benzene rings is 1. The maximum Gasteiger partial charge on any atom is 0.311 e. The largest absolute Gasteiger partial charge is 0.481 e. The summed E-state index contributed by atoms with van der Waals surface area (Å²) in [7, 11) is 2.02. The van der Waals surface area contributed by atoms with Gasteiger partial charge in [-0.05, 0) is 36.2 Å². The molecule has 2 aromatic rings. The zero-order valence-electron chi connectivity index (χ0n) is 11.3. The van der Waals surface area contributed by atoms with Gasteiger partial charge in [0.1, 0.15) is 0 Å². The lowest BCUT2D eigenvalue weighted by Crippen LogP contribution is -2.44. The zero-order chi connectivity index (χ0) is 13.9. The van der Waals surface area contributed by atoms with Gasteiger partial charge in [-0.1, -0.05) is 18.2 Å². The predicted octanol–water partition coefficient (Wildman–Crippen LogP) is 2.12. The van der Waals surface area contributed by atoms with Crippen LogP contribution in [0.5, 0.6) is 0 Å². The Bertz CT molecular complexity index is 744. The molecule has 2 N–H and O–H groups in total. The van der Waals surface area contributed by atoms with Crippen LogP contribution in [0.15, 0.2) is 30.5 Å². The predicted molar refractivity (Wildman–Crippen MR) is 77.5 cm³/mol. The molecule has 2 aliphatic rings. The van der Waals surface area contributed by atoms with Crippen molar-refractivity contribution in [1.82, 2.24) is 9.88 Å². The topological polar surface area (TPSA) is 56.3 Å². The van der Waals surface area contributed by atoms with Crippen LogP contribution in [-0.2, 0) is 11.2 Å². The quantitative estimate of drug-likeness (QED) is 0.833. The highest BCUT2D eigenvalue weighted by Crippen LogP contribution is 2.40. The van der Waals surface area contributed by atoms with Gasteiger partial charge in [0.2, 0.25) is 0 Å². The van der Waals surface area contributed by atoms with E-state index in [0.29, 0.717) is 12.6 Å². The average Bonchev–Trinajstić information content (AvgIpc) is 2.84. The number of aromatic nitrogens is 1. The number of carboxylic acid groups (broad SMARTS) is 1. The second kappa shape index (κ2) is 3.96. The molecule has 0 fully saturated rings. The van der Waals surface area contributed by atoms with E-state index in [1.165, 1.54) is 22.1 Å². The van der Waals surface area contributed by atoms with Gasteiger partial charge in [0.15, 0.2) is 0 Å². The summed E-state index contributed by atoms with van der Waals surface area (Å²) in [5.74, 6) is -1.16. The third kappa shape index (κ3) is 1.48. The summed E-state index contributed by atoms with van der Waals surface area (Å²) in [6.45, 7) is 0.583. The summed E-state index contributed by atoms with van der Waals surface area (Å²) in [6, 6.07) is 6.51.